The Labute approximate surface area is 412 Å². The summed E-state index contributed by atoms with van der Waals surface area (Å²) in [6.45, 7) is 33.2. The maximum absolute atomic E-state index is 9.21. The van der Waals surface area contributed by atoms with Crippen molar-refractivity contribution in [2.24, 2.45) is 0 Å². The normalized spacial score (nSPS) is 21.5. The molecule has 0 bridgehead atoms. The van der Waals surface area contributed by atoms with Gasteiger partial charge in [-0.15, -0.1) is 0 Å². The molecule has 7 aromatic rings. The zero-order chi connectivity index (χ0) is 50.7. The zero-order valence-electron chi connectivity index (χ0n) is 46.6. The molecule has 0 saturated carbocycles. The minimum atomic E-state index is -2.37. The molecule has 3 nitrogen and oxygen atoms in total. The van der Waals surface area contributed by atoms with Gasteiger partial charge < -0.3 is 14.2 Å². The molecule has 0 atom stereocenters. The number of rotatable bonds is 2. The van der Waals surface area contributed by atoms with Gasteiger partial charge in [-0.25, -0.2) is 0 Å². The van der Waals surface area contributed by atoms with E-state index in [2.05, 4.69) is 193 Å². The van der Waals surface area contributed by atoms with Crippen molar-refractivity contribution < 1.29 is 8.53 Å². The van der Waals surface area contributed by atoms with Crippen molar-refractivity contribution in [2.45, 2.75) is 181 Å². The second-order valence-electron chi connectivity index (χ2n) is 26.9. The van der Waals surface area contributed by atoms with Gasteiger partial charge in [0.2, 0.25) is 0 Å². The van der Waals surface area contributed by atoms with E-state index in [1.54, 1.807) is 0 Å². The number of furan rings is 1. The Kier molecular flexibility index (Phi) is 8.10. The van der Waals surface area contributed by atoms with E-state index in [0.717, 1.165) is 93.6 Å². The molecule has 12 rings (SSSR count). The van der Waals surface area contributed by atoms with Crippen LogP contribution in [-0.2, 0) is 37.9 Å². The first kappa shape index (κ1) is 40.7. The molecule has 0 unspecified atom stereocenters. The average molecular weight is 900 g/mol. The number of hydrogen-bond acceptors (Lipinski definition) is 3. The third-order valence-corrected chi connectivity index (χ3v) is 18.2. The zero-order valence-corrected chi connectivity index (χ0v) is 43.6. The molecule has 68 heavy (non-hydrogen) atoms. The van der Waals surface area contributed by atoms with E-state index in [0.29, 0.717) is 5.56 Å². The molecule has 0 N–H and O–H groups in total. The van der Waals surface area contributed by atoms with Gasteiger partial charge in [0, 0.05) is 55.1 Å². The molecule has 6 aromatic carbocycles. The van der Waals surface area contributed by atoms with Crippen molar-refractivity contribution in [2.75, 3.05) is 9.80 Å². The van der Waals surface area contributed by atoms with E-state index >= 15 is 0 Å². The van der Waals surface area contributed by atoms with Crippen molar-refractivity contribution in [3.63, 3.8) is 0 Å². The quantitative estimate of drug-likeness (QED) is 0.161. The van der Waals surface area contributed by atoms with Crippen LogP contribution in [0, 0.1) is 6.85 Å². The van der Waals surface area contributed by atoms with E-state index in [4.69, 9.17) is 4.42 Å². The molecule has 4 heteroatoms. The van der Waals surface area contributed by atoms with Crippen molar-refractivity contribution in [3.05, 3.63) is 136 Å². The lowest BCUT2D eigenvalue weighted by molar-refractivity contribution is 0.332. The monoisotopic (exact) mass is 900 g/mol. The minimum absolute atomic E-state index is 0.0223. The molecular formula is C64H73BN2O. The summed E-state index contributed by atoms with van der Waals surface area (Å²) in [5.41, 5.74) is 21.4. The third-order valence-electron chi connectivity index (χ3n) is 18.2. The smallest absolute Gasteiger partial charge is 0.252 e. The SMILES string of the molecule is [2H]C([2H])([2H])c1cc2c3c(c1)N(c1ccc4c(c1)oc1cc(C(C)(C)C)ccc14)c1cc4c(cc1B3c1cc3c(cc1N2c1ccc2c(c1)C(C)(C)CCC2(C)C)C(C)(C)CCC3(C)C)C(C)(C)CC4(C)C. The van der Waals surface area contributed by atoms with Crippen LogP contribution in [-0.4, -0.2) is 6.71 Å². The second kappa shape index (κ2) is 13.6. The van der Waals surface area contributed by atoms with Crippen LogP contribution in [0.5, 0.6) is 0 Å². The number of aryl methyl sites for hydroxylation is 1. The first-order chi connectivity index (χ1) is 32.9. The number of fused-ring (bicyclic) bond motifs is 10. The minimum Gasteiger partial charge on any atom is -0.456 e. The number of benzene rings is 6. The molecule has 0 saturated heterocycles. The van der Waals surface area contributed by atoms with Gasteiger partial charge >= 0.3 is 0 Å². The van der Waals surface area contributed by atoms with Gasteiger partial charge in [0.15, 0.2) is 0 Å². The molecule has 0 fully saturated rings. The van der Waals surface area contributed by atoms with Crippen molar-refractivity contribution in [1.29, 1.82) is 0 Å². The fourth-order valence-electron chi connectivity index (χ4n) is 14.2. The van der Waals surface area contributed by atoms with Gasteiger partial charge in [-0.2, -0.15) is 0 Å². The summed E-state index contributed by atoms with van der Waals surface area (Å²) in [7, 11) is 0. The molecule has 0 amide bonds. The largest absolute Gasteiger partial charge is 0.456 e. The van der Waals surface area contributed by atoms with Gasteiger partial charge in [-0.05, 0) is 192 Å². The second-order valence-corrected chi connectivity index (χ2v) is 26.9. The Morgan fingerprint density at radius 2 is 0.912 bits per heavy atom. The van der Waals surface area contributed by atoms with Crippen LogP contribution in [0.2, 0.25) is 0 Å². The highest BCUT2D eigenvalue weighted by Gasteiger charge is 2.50. The molecular weight excluding hydrogens is 824 g/mol. The molecule has 2 aliphatic heterocycles. The number of anilines is 6. The first-order valence-electron chi connectivity index (χ1n) is 27.2. The standard InChI is InChI=1S/C64H73BN2O/c1-37-27-53-57-54(28-37)67(40-18-21-42-41-20-17-38(58(2,3)4)29-55(41)68-56(42)31-40)52-35-48-46(63(13,14)36-64(48,15)16)33-50(52)65(57)49-32-45-47(62(11,12)26-25-61(45,9)10)34-51(49)66(53)39-19-22-43-44(30-39)60(7,8)24-23-59(43,5)6/h17-22,27-35H,23-26,36H2,1-16H3/i1D3. The fraction of sp³-hybridized carbons (Fsp3) is 0.438. The molecule has 348 valence electrons. The van der Waals surface area contributed by atoms with Gasteiger partial charge in [0.1, 0.15) is 11.2 Å². The Balaban J connectivity index is 1.21. The lowest BCUT2D eigenvalue weighted by Crippen LogP contribution is -2.62. The summed E-state index contributed by atoms with van der Waals surface area (Å²) in [5, 5.41) is 2.17. The summed E-state index contributed by atoms with van der Waals surface area (Å²) in [4.78, 5) is 4.89. The first-order valence-corrected chi connectivity index (χ1v) is 25.7. The fourth-order valence-corrected chi connectivity index (χ4v) is 14.2. The van der Waals surface area contributed by atoms with Crippen LogP contribution in [0.15, 0.2) is 95.4 Å². The highest BCUT2D eigenvalue weighted by molar-refractivity contribution is 7.00. The lowest BCUT2D eigenvalue weighted by Gasteiger charge is -2.48. The Morgan fingerprint density at radius 1 is 0.471 bits per heavy atom. The predicted molar refractivity (Wildman–Crippen MR) is 292 cm³/mol. The van der Waals surface area contributed by atoms with Gasteiger partial charge in [-0.1, -0.05) is 134 Å². The third kappa shape index (κ3) is 6.16. The molecule has 1 aromatic heterocycles. The van der Waals surface area contributed by atoms with E-state index < -0.39 is 6.85 Å². The van der Waals surface area contributed by atoms with E-state index in [1.165, 1.54) is 49.9 Å². The predicted octanol–water partition coefficient (Wildman–Crippen LogP) is 15.9. The highest BCUT2D eigenvalue weighted by atomic mass is 16.3. The van der Waals surface area contributed by atoms with Crippen LogP contribution in [0.3, 0.4) is 0 Å². The van der Waals surface area contributed by atoms with E-state index in [1.807, 2.05) is 12.1 Å². The van der Waals surface area contributed by atoms with Crippen molar-refractivity contribution in [3.8, 4) is 0 Å². The van der Waals surface area contributed by atoms with Crippen LogP contribution in [0.4, 0.5) is 34.1 Å². The highest BCUT2D eigenvalue weighted by Crippen LogP contribution is 2.55. The maximum atomic E-state index is 9.21. The van der Waals surface area contributed by atoms with Crippen LogP contribution < -0.4 is 26.2 Å². The van der Waals surface area contributed by atoms with Crippen LogP contribution in [0.25, 0.3) is 21.9 Å². The topological polar surface area (TPSA) is 19.6 Å². The summed E-state index contributed by atoms with van der Waals surface area (Å²) >= 11 is 0. The Hall–Kier alpha value is -5.22. The Morgan fingerprint density at radius 3 is 1.46 bits per heavy atom. The number of hydrogen-bond donors (Lipinski definition) is 0. The molecule has 0 radical (unpaired) electrons. The summed E-state index contributed by atoms with van der Waals surface area (Å²) < 4.78 is 34.5. The van der Waals surface area contributed by atoms with Gasteiger partial charge in [0.05, 0.1) is 0 Å². The summed E-state index contributed by atoms with van der Waals surface area (Å²) in [6, 6.07) is 34.8. The summed E-state index contributed by atoms with van der Waals surface area (Å²) in [5.74, 6) is 0. The number of nitrogens with zero attached hydrogens (tertiary/aromatic N) is 2. The van der Waals surface area contributed by atoms with Crippen molar-refractivity contribution in [1.82, 2.24) is 0 Å². The van der Waals surface area contributed by atoms with Crippen LogP contribution >= 0.6 is 0 Å². The van der Waals surface area contributed by atoms with Gasteiger partial charge in [0.25, 0.3) is 6.71 Å². The average Bonchev–Trinajstić information content (AvgIpc) is 3.73. The molecule has 3 heterocycles. The Bertz CT molecular complexity index is 3460. The molecule has 5 aliphatic rings. The summed E-state index contributed by atoms with van der Waals surface area (Å²) in [6.07, 6.45) is 5.49. The molecule has 0 spiro atoms. The van der Waals surface area contributed by atoms with E-state index in [9.17, 15) is 4.11 Å². The van der Waals surface area contributed by atoms with Gasteiger partial charge in [-0.3, -0.25) is 0 Å². The maximum Gasteiger partial charge on any atom is 0.252 e. The lowest BCUT2D eigenvalue weighted by atomic mass is 9.33. The van der Waals surface area contributed by atoms with Crippen molar-refractivity contribution >= 4 is 79.2 Å². The van der Waals surface area contributed by atoms with Crippen LogP contribution in [0.1, 0.15) is 185 Å². The van der Waals surface area contributed by atoms with E-state index in [-0.39, 0.29) is 44.6 Å². The molecule has 3 aliphatic carbocycles.